The highest BCUT2D eigenvalue weighted by Crippen LogP contribution is 2.22. The van der Waals surface area contributed by atoms with Gasteiger partial charge in [0, 0.05) is 0 Å². The molecule has 0 fully saturated rings. The van der Waals surface area contributed by atoms with Gasteiger partial charge in [-0.15, -0.1) is 0 Å². The number of cyclic esters (lactones) is 1. The minimum Gasteiger partial charge on any atom is -0.489 e. The normalized spacial score (nSPS) is 14.7. The summed E-state index contributed by atoms with van der Waals surface area (Å²) in [6.45, 7) is 0.476. The summed E-state index contributed by atoms with van der Waals surface area (Å²) < 4.78 is 24.7. The standard InChI is InChI=1S/C23H16FNO3/c24-20-9-5-4-8-19(20)22-25-21(23(26)28-22)14-16-10-12-18(13-11-16)27-15-17-6-2-1-3-7-17/h1-14H,15H2/b21-14-. The number of carbonyl (C=O) groups excluding carboxylic acids is 1. The summed E-state index contributed by atoms with van der Waals surface area (Å²) in [4.78, 5) is 16.2. The predicted octanol–water partition coefficient (Wildman–Crippen LogP) is 4.75. The number of carbonyl (C=O) groups is 1. The first kappa shape index (κ1) is 17.7. The number of hydrogen-bond acceptors (Lipinski definition) is 4. The molecule has 0 amide bonds. The van der Waals surface area contributed by atoms with Gasteiger partial charge in [-0.25, -0.2) is 14.2 Å². The van der Waals surface area contributed by atoms with E-state index in [4.69, 9.17) is 9.47 Å². The molecule has 0 spiro atoms. The first-order valence-electron chi connectivity index (χ1n) is 8.73. The molecule has 4 nitrogen and oxygen atoms in total. The second-order valence-electron chi connectivity index (χ2n) is 6.16. The summed E-state index contributed by atoms with van der Waals surface area (Å²) in [5.74, 6) is -0.411. The quantitative estimate of drug-likeness (QED) is 0.479. The Labute approximate surface area is 161 Å². The smallest absolute Gasteiger partial charge is 0.363 e. The van der Waals surface area contributed by atoms with Gasteiger partial charge in [0.2, 0.25) is 5.90 Å². The Balaban J connectivity index is 1.48. The van der Waals surface area contributed by atoms with Gasteiger partial charge in [0.15, 0.2) is 5.70 Å². The van der Waals surface area contributed by atoms with Crippen molar-refractivity contribution >= 4 is 17.9 Å². The Bertz CT molecular complexity index is 1060. The summed E-state index contributed by atoms with van der Waals surface area (Å²) in [6.07, 6.45) is 1.59. The van der Waals surface area contributed by atoms with Gasteiger partial charge in [0.05, 0.1) is 5.56 Å². The van der Waals surface area contributed by atoms with E-state index < -0.39 is 11.8 Å². The van der Waals surface area contributed by atoms with Crippen molar-refractivity contribution in [2.75, 3.05) is 0 Å². The van der Waals surface area contributed by atoms with Crippen molar-refractivity contribution in [3.8, 4) is 5.75 Å². The molecule has 0 saturated heterocycles. The van der Waals surface area contributed by atoms with Gasteiger partial charge in [-0.05, 0) is 41.5 Å². The number of benzene rings is 3. The molecule has 138 valence electrons. The second kappa shape index (κ2) is 7.88. The summed E-state index contributed by atoms with van der Waals surface area (Å²) in [6, 6.07) is 23.2. The highest BCUT2D eigenvalue weighted by Gasteiger charge is 2.25. The third-order valence-corrected chi connectivity index (χ3v) is 4.16. The maximum atomic E-state index is 13.9. The molecular weight excluding hydrogens is 357 g/mol. The van der Waals surface area contributed by atoms with Crippen LogP contribution >= 0.6 is 0 Å². The van der Waals surface area contributed by atoms with Gasteiger partial charge in [-0.3, -0.25) is 0 Å². The van der Waals surface area contributed by atoms with Gasteiger partial charge in [0.25, 0.3) is 0 Å². The lowest BCUT2D eigenvalue weighted by atomic mass is 10.2. The molecule has 0 saturated carbocycles. The fraction of sp³-hybridized carbons (Fsp3) is 0.0435. The van der Waals surface area contributed by atoms with E-state index >= 15 is 0 Å². The van der Waals surface area contributed by atoms with E-state index in [-0.39, 0.29) is 17.2 Å². The topological polar surface area (TPSA) is 47.9 Å². The zero-order valence-electron chi connectivity index (χ0n) is 14.8. The molecule has 1 heterocycles. The highest BCUT2D eigenvalue weighted by molar-refractivity contribution is 6.12. The molecular formula is C23H16FNO3. The number of nitrogens with zero attached hydrogens (tertiary/aromatic N) is 1. The van der Waals surface area contributed by atoms with Crippen molar-refractivity contribution in [1.82, 2.24) is 0 Å². The van der Waals surface area contributed by atoms with Crippen LogP contribution in [0.25, 0.3) is 6.08 Å². The molecule has 5 heteroatoms. The summed E-state index contributed by atoms with van der Waals surface area (Å²) >= 11 is 0. The van der Waals surface area contributed by atoms with E-state index in [1.54, 1.807) is 18.2 Å². The van der Waals surface area contributed by atoms with Crippen LogP contribution in [0.4, 0.5) is 4.39 Å². The number of rotatable bonds is 5. The van der Waals surface area contributed by atoms with Crippen LogP contribution in [0.2, 0.25) is 0 Å². The number of halogens is 1. The minimum absolute atomic E-state index is 0.0304. The third kappa shape index (κ3) is 3.99. The molecule has 0 atom stereocenters. The number of hydrogen-bond donors (Lipinski definition) is 0. The van der Waals surface area contributed by atoms with Crippen LogP contribution in [0, 0.1) is 5.82 Å². The van der Waals surface area contributed by atoms with Crippen LogP contribution in [0.1, 0.15) is 16.7 Å². The van der Waals surface area contributed by atoms with Crippen LogP contribution in [0.5, 0.6) is 5.75 Å². The average molecular weight is 373 g/mol. The number of esters is 1. The third-order valence-electron chi connectivity index (χ3n) is 4.16. The molecule has 0 unspecified atom stereocenters. The van der Waals surface area contributed by atoms with Gasteiger partial charge < -0.3 is 9.47 Å². The number of ether oxygens (including phenoxy) is 2. The Morgan fingerprint density at radius 1 is 0.929 bits per heavy atom. The average Bonchev–Trinajstić information content (AvgIpc) is 3.08. The zero-order chi connectivity index (χ0) is 19.3. The van der Waals surface area contributed by atoms with E-state index in [0.717, 1.165) is 16.9 Å². The highest BCUT2D eigenvalue weighted by atomic mass is 19.1. The Hall–Kier alpha value is -3.73. The van der Waals surface area contributed by atoms with Crippen molar-refractivity contribution in [2.24, 2.45) is 4.99 Å². The van der Waals surface area contributed by atoms with Crippen molar-refractivity contribution in [3.63, 3.8) is 0 Å². The zero-order valence-corrected chi connectivity index (χ0v) is 14.8. The van der Waals surface area contributed by atoms with E-state index in [1.165, 1.54) is 12.1 Å². The summed E-state index contributed by atoms with van der Waals surface area (Å²) in [5.41, 5.74) is 2.12. The first-order valence-corrected chi connectivity index (χ1v) is 8.73. The monoisotopic (exact) mass is 373 g/mol. The van der Waals surface area contributed by atoms with E-state index in [9.17, 15) is 9.18 Å². The Kier molecular flexibility index (Phi) is 4.97. The SMILES string of the molecule is O=C1OC(c2ccccc2F)=N/C1=C\c1ccc(OCc2ccccc2)cc1. The molecule has 0 N–H and O–H groups in total. The van der Waals surface area contributed by atoms with Crippen molar-refractivity contribution in [2.45, 2.75) is 6.61 Å². The molecule has 0 bridgehead atoms. The maximum absolute atomic E-state index is 13.9. The van der Waals surface area contributed by atoms with Gasteiger partial charge >= 0.3 is 5.97 Å². The molecule has 1 aliphatic heterocycles. The minimum atomic E-state index is -0.609. The molecule has 3 aromatic rings. The lowest BCUT2D eigenvalue weighted by Gasteiger charge is -2.06. The largest absolute Gasteiger partial charge is 0.489 e. The molecule has 28 heavy (non-hydrogen) atoms. The molecule has 0 aliphatic carbocycles. The summed E-state index contributed by atoms with van der Waals surface area (Å²) in [7, 11) is 0. The first-order chi connectivity index (χ1) is 13.7. The van der Waals surface area contributed by atoms with Crippen LogP contribution in [0.15, 0.2) is 89.6 Å². The van der Waals surface area contributed by atoms with Crippen LogP contribution in [-0.2, 0) is 16.1 Å². The van der Waals surface area contributed by atoms with Crippen molar-refractivity contribution in [1.29, 1.82) is 0 Å². The Morgan fingerprint density at radius 3 is 2.39 bits per heavy atom. The predicted molar refractivity (Wildman–Crippen MR) is 104 cm³/mol. The van der Waals surface area contributed by atoms with E-state index in [1.807, 2.05) is 54.6 Å². The van der Waals surface area contributed by atoms with Crippen LogP contribution in [0.3, 0.4) is 0 Å². The van der Waals surface area contributed by atoms with Crippen LogP contribution < -0.4 is 4.74 Å². The molecule has 3 aromatic carbocycles. The Morgan fingerprint density at radius 2 is 1.64 bits per heavy atom. The van der Waals surface area contributed by atoms with E-state index in [0.29, 0.717) is 6.61 Å². The van der Waals surface area contributed by atoms with Crippen LogP contribution in [-0.4, -0.2) is 11.9 Å². The molecule has 0 aromatic heterocycles. The van der Waals surface area contributed by atoms with E-state index in [2.05, 4.69) is 4.99 Å². The lowest BCUT2D eigenvalue weighted by Crippen LogP contribution is -2.07. The fourth-order valence-electron chi connectivity index (χ4n) is 2.72. The van der Waals surface area contributed by atoms with Gasteiger partial charge in [0.1, 0.15) is 18.2 Å². The van der Waals surface area contributed by atoms with Crippen molar-refractivity contribution < 1.29 is 18.7 Å². The maximum Gasteiger partial charge on any atom is 0.363 e. The molecule has 1 aliphatic rings. The van der Waals surface area contributed by atoms with Crippen molar-refractivity contribution in [3.05, 3.63) is 107 Å². The molecule has 4 rings (SSSR count). The number of aliphatic imine (C=N–C) groups is 1. The molecule has 0 radical (unpaired) electrons. The van der Waals surface area contributed by atoms with Gasteiger partial charge in [-0.1, -0.05) is 54.6 Å². The lowest BCUT2D eigenvalue weighted by molar-refractivity contribution is -0.129. The second-order valence-corrected chi connectivity index (χ2v) is 6.16. The fourth-order valence-corrected chi connectivity index (χ4v) is 2.72. The summed E-state index contributed by atoms with van der Waals surface area (Å²) in [5, 5.41) is 0. The van der Waals surface area contributed by atoms with Gasteiger partial charge in [-0.2, -0.15) is 0 Å².